The number of methoxy groups -OCH3 is 1. The van der Waals surface area contributed by atoms with Crippen LogP contribution in [-0.2, 0) is 16.1 Å². The first-order chi connectivity index (χ1) is 9.22. The average Bonchev–Trinajstić information content (AvgIpc) is 2.94. The van der Waals surface area contributed by atoms with Crippen molar-refractivity contribution < 1.29 is 19.4 Å². The van der Waals surface area contributed by atoms with Crippen molar-refractivity contribution in [3.63, 3.8) is 0 Å². The molecule has 1 heterocycles. The molecule has 1 aliphatic heterocycles. The summed E-state index contributed by atoms with van der Waals surface area (Å²) in [5, 5.41) is 12.1. The van der Waals surface area contributed by atoms with E-state index in [1.54, 1.807) is 7.11 Å². The second kappa shape index (κ2) is 6.54. The summed E-state index contributed by atoms with van der Waals surface area (Å²) in [6, 6.07) is 7.10. The zero-order chi connectivity index (χ0) is 13.7. The van der Waals surface area contributed by atoms with Gasteiger partial charge in [0.05, 0.1) is 7.11 Å². The summed E-state index contributed by atoms with van der Waals surface area (Å²) in [7, 11) is 1.61. The summed E-state index contributed by atoms with van der Waals surface area (Å²) in [5.41, 5.74) is 0.922. The smallest absolute Gasteiger partial charge is 0.323 e. The van der Waals surface area contributed by atoms with Crippen LogP contribution in [0.5, 0.6) is 5.75 Å². The molecule has 104 valence electrons. The van der Waals surface area contributed by atoms with E-state index in [2.05, 4.69) is 5.32 Å². The van der Waals surface area contributed by atoms with E-state index < -0.39 is 0 Å². The molecule has 1 saturated heterocycles. The molecule has 2 rings (SSSR count). The number of hydrogen-bond donors (Lipinski definition) is 2. The van der Waals surface area contributed by atoms with Gasteiger partial charge in [-0.05, 0) is 30.0 Å². The first-order valence-electron chi connectivity index (χ1n) is 6.36. The van der Waals surface area contributed by atoms with E-state index >= 15 is 0 Å². The number of rotatable bonds is 5. The summed E-state index contributed by atoms with van der Waals surface area (Å²) >= 11 is 0. The third-order valence-electron chi connectivity index (χ3n) is 3.30. The Bertz CT molecular complexity index is 418. The molecule has 1 fully saturated rings. The molecule has 1 aliphatic rings. The van der Waals surface area contributed by atoms with E-state index in [0.717, 1.165) is 11.3 Å². The van der Waals surface area contributed by atoms with Crippen molar-refractivity contribution in [3.05, 3.63) is 29.8 Å². The van der Waals surface area contributed by atoms with Gasteiger partial charge in [-0.2, -0.15) is 0 Å². The predicted octanol–water partition coefficient (Wildman–Crippen LogP) is 0.709. The van der Waals surface area contributed by atoms with Crippen LogP contribution < -0.4 is 10.1 Å². The Hall–Kier alpha value is -1.59. The van der Waals surface area contributed by atoms with Crippen LogP contribution >= 0.6 is 0 Å². The van der Waals surface area contributed by atoms with Gasteiger partial charge >= 0.3 is 5.97 Å². The Balaban J connectivity index is 1.80. The standard InChI is InChI=1S/C14H19NO4/c1-18-12-4-2-10(3-5-12)9-19-14(17)13-6-11(8-16)7-15-13/h2-5,11,13,15-16H,6-9H2,1H3. The molecule has 0 radical (unpaired) electrons. The van der Waals surface area contributed by atoms with Gasteiger partial charge < -0.3 is 19.9 Å². The van der Waals surface area contributed by atoms with Gasteiger partial charge in [0, 0.05) is 13.2 Å². The first kappa shape index (κ1) is 13.8. The molecule has 1 aromatic carbocycles. The second-order valence-corrected chi connectivity index (χ2v) is 4.70. The zero-order valence-corrected chi connectivity index (χ0v) is 11.0. The van der Waals surface area contributed by atoms with Crippen LogP contribution in [0, 0.1) is 5.92 Å². The van der Waals surface area contributed by atoms with E-state index in [1.165, 1.54) is 0 Å². The van der Waals surface area contributed by atoms with Crippen LogP contribution in [0.15, 0.2) is 24.3 Å². The van der Waals surface area contributed by atoms with Gasteiger partial charge in [-0.3, -0.25) is 4.79 Å². The van der Waals surface area contributed by atoms with E-state index in [-0.39, 0.29) is 31.1 Å². The molecular formula is C14H19NO4. The summed E-state index contributed by atoms with van der Waals surface area (Å²) in [5.74, 6) is 0.670. The maximum atomic E-state index is 11.8. The monoisotopic (exact) mass is 265 g/mol. The lowest BCUT2D eigenvalue weighted by Gasteiger charge is -2.10. The topological polar surface area (TPSA) is 67.8 Å². The highest BCUT2D eigenvalue weighted by atomic mass is 16.5. The SMILES string of the molecule is COc1ccc(COC(=O)C2CC(CO)CN2)cc1. The van der Waals surface area contributed by atoms with Crippen LogP contribution in [0.1, 0.15) is 12.0 Å². The van der Waals surface area contributed by atoms with Gasteiger partial charge in [0.25, 0.3) is 0 Å². The zero-order valence-electron chi connectivity index (χ0n) is 11.0. The molecule has 0 aromatic heterocycles. The highest BCUT2D eigenvalue weighted by Gasteiger charge is 2.29. The minimum absolute atomic E-state index is 0.106. The van der Waals surface area contributed by atoms with Gasteiger partial charge in [0.15, 0.2) is 0 Å². The van der Waals surface area contributed by atoms with Gasteiger partial charge in [0.1, 0.15) is 18.4 Å². The van der Waals surface area contributed by atoms with E-state index in [0.29, 0.717) is 13.0 Å². The Morgan fingerprint density at radius 2 is 2.16 bits per heavy atom. The minimum atomic E-state index is -0.296. The minimum Gasteiger partial charge on any atom is -0.497 e. The van der Waals surface area contributed by atoms with Crippen LogP contribution in [-0.4, -0.2) is 37.4 Å². The Morgan fingerprint density at radius 1 is 1.42 bits per heavy atom. The van der Waals surface area contributed by atoms with Crippen LogP contribution in [0.4, 0.5) is 0 Å². The predicted molar refractivity (Wildman–Crippen MR) is 69.8 cm³/mol. The van der Waals surface area contributed by atoms with E-state index in [1.807, 2.05) is 24.3 Å². The fourth-order valence-corrected chi connectivity index (χ4v) is 2.10. The number of nitrogens with one attached hydrogen (secondary N) is 1. The Kier molecular flexibility index (Phi) is 4.76. The summed E-state index contributed by atoms with van der Waals surface area (Å²) in [4.78, 5) is 11.8. The fraction of sp³-hybridized carbons (Fsp3) is 0.500. The van der Waals surface area contributed by atoms with Crippen molar-refractivity contribution in [2.24, 2.45) is 5.92 Å². The lowest BCUT2D eigenvalue weighted by atomic mass is 10.1. The summed E-state index contributed by atoms with van der Waals surface area (Å²) < 4.78 is 10.3. The maximum Gasteiger partial charge on any atom is 0.323 e. The first-order valence-corrected chi connectivity index (χ1v) is 6.36. The molecule has 5 heteroatoms. The molecule has 0 bridgehead atoms. The number of ether oxygens (including phenoxy) is 2. The number of hydrogen-bond acceptors (Lipinski definition) is 5. The second-order valence-electron chi connectivity index (χ2n) is 4.70. The molecule has 1 aromatic rings. The molecule has 0 amide bonds. The van der Waals surface area contributed by atoms with Crippen molar-refractivity contribution in [1.82, 2.24) is 5.32 Å². The van der Waals surface area contributed by atoms with Crippen LogP contribution in [0.25, 0.3) is 0 Å². The average molecular weight is 265 g/mol. The maximum absolute atomic E-state index is 11.8. The van der Waals surface area contributed by atoms with Gasteiger partial charge in [-0.1, -0.05) is 12.1 Å². The highest BCUT2D eigenvalue weighted by molar-refractivity contribution is 5.76. The third-order valence-corrected chi connectivity index (χ3v) is 3.30. The molecule has 2 atom stereocenters. The van der Waals surface area contributed by atoms with E-state index in [9.17, 15) is 4.79 Å². The van der Waals surface area contributed by atoms with Crippen molar-refractivity contribution in [3.8, 4) is 5.75 Å². The number of carbonyl (C=O) groups is 1. The number of aliphatic hydroxyl groups excluding tert-OH is 1. The number of esters is 1. The molecule has 0 saturated carbocycles. The van der Waals surface area contributed by atoms with Crippen molar-refractivity contribution in [1.29, 1.82) is 0 Å². The molecule has 19 heavy (non-hydrogen) atoms. The number of benzene rings is 1. The molecule has 0 aliphatic carbocycles. The lowest BCUT2D eigenvalue weighted by molar-refractivity contribution is -0.147. The molecule has 2 unspecified atom stereocenters. The van der Waals surface area contributed by atoms with Crippen molar-refractivity contribution in [2.75, 3.05) is 20.3 Å². The largest absolute Gasteiger partial charge is 0.497 e. The molecule has 5 nitrogen and oxygen atoms in total. The fourth-order valence-electron chi connectivity index (χ4n) is 2.10. The summed E-state index contributed by atoms with van der Waals surface area (Å²) in [6.45, 7) is 1.03. The third kappa shape index (κ3) is 3.68. The van der Waals surface area contributed by atoms with Crippen LogP contribution in [0.2, 0.25) is 0 Å². The number of aliphatic hydroxyl groups is 1. The molecule has 0 spiro atoms. The Labute approximate surface area is 112 Å². The number of carbonyl (C=O) groups excluding carboxylic acids is 1. The van der Waals surface area contributed by atoms with Crippen LogP contribution in [0.3, 0.4) is 0 Å². The molecule has 2 N–H and O–H groups in total. The molecular weight excluding hydrogens is 246 g/mol. The lowest BCUT2D eigenvalue weighted by Crippen LogP contribution is -2.32. The van der Waals surface area contributed by atoms with Gasteiger partial charge in [-0.15, -0.1) is 0 Å². The quantitative estimate of drug-likeness (QED) is 0.767. The van der Waals surface area contributed by atoms with Gasteiger partial charge in [-0.25, -0.2) is 0 Å². The van der Waals surface area contributed by atoms with Gasteiger partial charge in [0.2, 0.25) is 0 Å². The summed E-state index contributed by atoms with van der Waals surface area (Å²) in [6.07, 6.45) is 0.637. The normalized spacial score (nSPS) is 22.2. The van der Waals surface area contributed by atoms with Crippen molar-refractivity contribution >= 4 is 5.97 Å². The van der Waals surface area contributed by atoms with E-state index in [4.69, 9.17) is 14.6 Å². The van der Waals surface area contributed by atoms with Crippen molar-refractivity contribution in [2.45, 2.75) is 19.1 Å². The highest BCUT2D eigenvalue weighted by Crippen LogP contribution is 2.16. The Morgan fingerprint density at radius 3 is 2.74 bits per heavy atom.